The predicted octanol–water partition coefficient (Wildman–Crippen LogP) is -6.12. The van der Waals surface area contributed by atoms with Crippen LogP contribution in [0.3, 0.4) is 0 Å². The van der Waals surface area contributed by atoms with E-state index in [-0.39, 0.29) is 38.0 Å². The summed E-state index contributed by atoms with van der Waals surface area (Å²) in [5.74, 6) is -1.87. The molecule has 4 aliphatic heterocycles. The van der Waals surface area contributed by atoms with E-state index in [1.54, 1.807) is 0 Å². The number of aliphatic hydroxyl groups is 15. The van der Waals surface area contributed by atoms with E-state index < -0.39 is 172 Å². The summed E-state index contributed by atoms with van der Waals surface area (Å²) >= 11 is 0. The summed E-state index contributed by atoms with van der Waals surface area (Å²) in [5, 5.41) is 139. The van der Waals surface area contributed by atoms with Crippen molar-refractivity contribution in [2.75, 3.05) is 19.8 Å². The van der Waals surface area contributed by atoms with Gasteiger partial charge in [-0.05, 0) is 51.4 Å². The minimum atomic E-state index is -1.89. The number of aliphatic hydroxyl groups excluding tert-OH is 13. The molecule has 7 aliphatic rings. The molecule has 23 atom stereocenters. The van der Waals surface area contributed by atoms with E-state index in [1.165, 1.54) is 0 Å². The van der Waals surface area contributed by atoms with Crippen molar-refractivity contribution in [3.63, 3.8) is 0 Å². The van der Waals surface area contributed by atoms with Crippen molar-refractivity contribution in [1.82, 2.24) is 0 Å². The Labute approximate surface area is 351 Å². The van der Waals surface area contributed by atoms with Gasteiger partial charge in [0, 0.05) is 18.8 Å². The highest BCUT2D eigenvalue weighted by Crippen LogP contribution is 2.43. The first-order valence-corrected chi connectivity index (χ1v) is 21.6. The zero-order valence-corrected chi connectivity index (χ0v) is 33.7. The molecule has 4 heterocycles. The lowest BCUT2D eigenvalue weighted by Gasteiger charge is -2.49. The van der Waals surface area contributed by atoms with Crippen molar-refractivity contribution in [1.29, 1.82) is 0 Å². The summed E-state index contributed by atoms with van der Waals surface area (Å²) in [7, 11) is 0. The van der Waals surface area contributed by atoms with E-state index in [9.17, 15) is 71.2 Å². The van der Waals surface area contributed by atoms with Gasteiger partial charge in [0.05, 0.1) is 55.6 Å². The van der Waals surface area contributed by atoms with E-state index in [0.29, 0.717) is 32.1 Å². The Morgan fingerprint density at radius 3 is 1.95 bits per heavy atom. The van der Waals surface area contributed by atoms with Gasteiger partial charge in [0.15, 0.2) is 31.1 Å². The third kappa shape index (κ3) is 10.7. The van der Waals surface area contributed by atoms with Gasteiger partial charge in [-0.25, -0.2) is 0 Å². The molecule has 0 aromatic rings. The Hall–Kier alpha value is -1.33. The Morgan fingerprint density at radius 1 is 0.557 bits per heavy atom. The van der Waals surface area contributed by atoms with Crippen LogP contribution in [0.5, 0.6) is 0 Å². The third-order valence-electron chi connectivity index (χ3n) is 13.8. The lowest BCUT2D eigenvalue weighted by atomic mass is 9.72. The maximum absolute atomic E-state index is 12.7. The lowest BCUT2D eigenvalue weighted by molar-refractivity contribution is -0.385. The largest absolute Gasteiger partial charge is 0.463 e. The highest BCUT2D eigenvalue weighted by molar-refractivity contribution is 5.72. The molecule has 4 saturated heterocycles. The van der Waals surface area contributed by atoms with Crippen molar-refractivity contribution in [3.8, 4) is 0 Å². The molecule has 3 aliphatic carbocycles. The van der Waals surface area contributed by atoms with Crippen LogP contribution in [-0.4, -0.2) is 232 Å². The fourth-order valence-electron chi connectivity index (χ4n) is 10.0. The third-order valence-corrected chi connectivity index (χ3v) is 13.8. The number of hydrogen-bond donors (Lipinski definition) is 13. The normalized spacial score (nSPS) is 52.2. The van der Waals surface area contributed by atoms with Crippen LogP contribution in [0.1, 0.15) is 64.2 Å². The average Bonchev–Trinajstić information content (AvgIpc) is 3.23. The van der Waals surface area contributed by atoms with Crippen LogP contribution >= 0.6 is 0 Å². The van der Waals surface area contributed by atoms with E-state index in [4.69, 9.17) is 37.9 Å². The van der Waals surface area contributed by atoms with Gasteiger partial charge in [-0.3, -0.25) is 4.79 Å². The summed E-state index contributed by atoms with van der Waals surface area (Å²) in [6.45, 7) is -1.62. The quantitative estimate of drug-likeness (QED) is 0.0678. The van der Waals surface area contributed by atoms with Crippen LogP contribution in [0.4, 0.5) is 0 Å². The molecular formula is C39H65O22+. The topological polar surface area (TPSA) is 357 Å². The standard InChI is InChI=1S/C39H64O22/c40-16-4-1-14(2-5-16)36(53)54-12-25-28(47)30(49)33(52)37(59-25)56-13-26-29(48)31(50)35(61-38-32(51)27(46)22(45)11-55-38)39(60-26)58-24-10-18-20(43)8-17(41)9-23(18)57-34(24)15-3-6-19(42)21(44)7-15/h14-35,37-52H,1-13H2/p+1. The van der Waals surface area contributed by atoms with Gasteiger partial charge in [-0.2, -0.15) is 0 Å². The number of carbonyl (C=O) groups excluding carboxylic acids is 1. The van der Waals surface area contributed by atoms with Crippen LogP contribution in [0.2, 0.25) is 0 Å². The highest BCUT2D eigenvalue weighted by atomic mass is 16.8. The number of rotatable bonds is 11. The Balaban J connectivity index is 1.08. The first kappa shape index (κ1) is 47.6. The average molecular weight is 886 g/mol. The summed E-state index contributed by atoms with van der Waals surface area (Å²) in [4.78, 5) is 12.7. The minimum Gasteiger partial charge on any atom is -0.463 e. The lowest BCUT2D eigenvalue weighted by Crippen LogP contribution is -2.65. The fourth-order valence-corrected chi connectivity index (χ4v) is 10.0. The van der Waals surface area contributed by atoms with E-state index in [1.807, 2.05) is 0 Å². The smallest absolute Gasteiger partial charge is 0.309 e. The van der Waals surface area contributed by atoms with Crippen molar-refractivity contribution >= 4 is 5.97 Å². The fraction of sp³-hybridized carbons (Fsp3) is 0.974. The van der Waals surface area contributed by atoms with Crippen molar-refractivity contribution in [3.05, 3.63) is 0 Å². The van der Waals surface area contributed by atoms with Crippen LogP contribution in [0.25, 0.3) is 0 Å². The second-order valence-corrected chi connectivity index (χ2v) is 18.0. The van der Waals surface area contributed by atoms with Crippen LogP contribution in [0.15, 0.2) is 0 Å². The van der Waals surface area contributed by atoms with Gasteiger partial charge >= 0.3 is 5.97 Å². The predicted molar refractivity (Wildman–Crippen MR) is 198 cm³/mol. The number of fused-ring (bicyclic) bond motifs is 1. The zero-order chi connectivity index (χ0) is 43.9. The molecule has 0 amide bonds. The zero-order valence-electron chi connectivity index (χ0n) is 33.7. The number of ether oxygens (including phenoxy) is 8. The SMILES string of the molecule is O=C(OCC1OC(OCC2OC(OC3CC4C(O)CC(O)CC4[OH+]C3C3CCC(O)C(O)C3)C(OC3OCC(O)C(O)C3O)C(O)C2O)C(O)C(O)C1O)C1CCC(O)CC1. The van der Waals surface area contributed by atoms with Crippen molar-refractivity contribution < 1.29 is 109 Å². The molecule has 14 N–H and O–H groups in total. The summed E-state index contributed by atoms with van der Waals surface area (Å²) in [6.07, 6.45) is -26.8. The second kappa shape index (κ2) is 20.5. The van der Waals surface area contributed by atoms with Gasteiger partial charge in [0.1, 0.15) is 79.9 Å². The number of carbonyl (C=O) groups is 1. The van der Waals surface area contributed by atoms with E-state index >= 15 is 0 Å². The molecule has 3 saturated carbocycles. The molecule has 7 rings (SSSR count). The van der Waals surface area contributed by atoms with Gasteiger partial charge in [-0.15, -0.1) is 0 Å². The number of esters is 1. The maximum Gasteiger partial charge on any atom is 0.309 e. The number of hydrogen-bond acceptors (Lipinski definition) is 21. The van der Waals surface area contributed by atoms with Gasteiger partial charge < -0.3 is 104 Å². The first-order valence-electron chi connectivity index (χ1n) is 21.6. The van der Waals surface area contributed by atoms with Crippen LogP contribution in [-0.2, 0) is 38.0 Å². The maximum atomic E-state index is 12.7. The summed E-state index contributed by atoms with van der Waals surface area (Å²) in [5.41, 5.74) is 0. The molecule has 0 radical (unpaired) electrons. The molecule has 0 aromatic heterocycles. The van der Waals surface area contributed by atoms with E-state index in [2.05, 4.69) is 0 Å². The molecule has 0 aromatic carbocycles. The molecule has 23 unspecified atom stereocenters. The minimum absolute atomic E-state index is 0.0963. The van der Waals surface area contributed by atoms with Crippen LogP contribution < -0.4 is 0 Å². The first-order chi connectivity index (χ1) is 29.0. The monoisotopic (exact) mass is 885 g/mol. The molecule has 352 valence electrons. The molecule has 0 spiro atoms. The second-order valence-electron chi connectivity index (χ2n) is 18.0. The highest BCUT2D eigenvalue weighted by Gasteiger charge is 2.56. The van der Waals surface area contributed by atoms with Gasteiger partial charge in [0.2, 0.25) is 0 Å². The Bertz CT molecular complexity index is 1410. The van der Waals surface area contributed by atoms with Gasteiger partial charge in [-0.1, -0.05) is 0 Å². The van der Waals surface area contributed by atoms with Crippen molar-refractivity contribution in [2.24, 2.45) is 17.8 Å². The molecular weight excluding hydrogens is 820 g/mol. The molecule has 7 fully saturated rings. The molecule has 22 nitrogen and oxygen atoms in total. The van der Waals surface area contributed by atoms with Gasteiger partial charge in [0.25, 0.3) is 0 Å². The van der Waals surface area contributed by atoms with Crippen molar-refractivity contribution in [2.45, 2.75) is 199 Å². The Kier molecular flexibility index (Phi) is 16.0. The molecule has 0 bridgehead atoms. The summed E-state index contributed by atoms with van der Waals surface area (Å²) in [6, 6.07) is 0. The van der Waals surface area contributed by atoms with Crippen LogP contribution in [0, 0.1) is 17.8 Å². The molecule has 22 heteroatoms. The molecule has 61 heavy (non-hydrogen) atoms. The Morgan fingerprint density at radius 2 is 1.23 bits per heavy atom. The summed E-state index contributed by atoms with van der Waals surface area (Å²) < 4.78 is 46.1. The van der Waals surface area contributed by atoms with E-state index in [0.717, 1.165) is 0 Å².